The maximum Gasteiger partial charge on any atom is 0.212 e. The molecule has 1 aromatic heterocycles. The number of hydrogen-bond donors (Lipinski definition) is 2. The Morgan fingerprint density at radius 2 is 2.36 bits per heavy atom. The van der Waals surface area contributed by atoms with Gasteiger partial charge in [0.2, 0.25) is 5.96 Å². The molecule has 0 fully saturated rings. The lowest BCUT2D eigenvalue weighted by molar-refractivity contribution is -0.378. The molecule has 1 aromatic rings. The molecule has 0 unspecified atom stereocenters. The molecule has 1 aliphatic rings. The number of guanidine groups is 1. The van der Waals surface area contributed by atoms with Gasteiger partial charge < -0.3 is 5.32 Å². The van der Waals surface area contributed by atoms with Crippen molar-refractivity contribution in [2.75, 3.05) is 13.1 Å². The average Bonchev–Trinajstić information content (AvgIpc) is 2.72. The van der Waals surface area contributed by atoms with Crippen molar-refractivity contribution in [2.45, 2.75) is 0 Å². The van der Waals surface area contributed by atoms with Gasteiger partial charge in [0.25, 0.3) is 0 Å². The predicted octanol–water partition coefficient (Wildman–Crippen LogP) is -0.617. The third-order valence-electron chi connectivity index (χ3n) is 1.80. The van der Waals surface area contributed by atoms with E-state index in [1.54, 1.807) is 6.21 Å². The number of aromatic amines is 1. The normalized spacial score (nSPS) is 15.3. The Hall–Kier alpha value is -1.91. The van der Waals surface area contributed by atoms with E-state index in [0.717, 1.165) is 24.6 Å². The summed E-state index contributed by atoms with van der Waals surface area (Å²) in [5.41, 5.74) is 3.87. The Morgan fingerprint density at radius 3 is 3.07 bits per heavy atom. The lowest BCUT2D eigenvalue weighted by Crippen LogP contribution is -2.30. The van der Waals surface area contributed by atoms with Crippen molar-refractivity contribution in [1.29, 1.82) is 0 Å². The molecule has 14 heavy (non-hydrogen) atoms. The molecule has 1 aliphatic heterocycles. The third-order valence-corrected chi connectivity index (χ3v) is 1.80. The molecular weight excluding hydrogens is 178 g/mol. The number of nitrogens with zero attached hydrogens (tertiary/aromatic N) is 2. The van der Waals surface area contributed by atoms with Crippen LogP contribution in [0.15, 0.2) is 34.6 Å². The van der Waals surface area contributed by atoms with Gasteiger partial charge in [-0.25, -0.2) is 15.4 Å². The maximum atomic E-state index is 4.14. The summed E-state index contributed by atoms with van der Waals surface area (Å²) in [6.45, 7) is 1.70. The van der Waals surface area contributed by atoms with Gasteiger partial charge in [-0.3, -0.25) is 0 Å². The van der Waals surface area contributed by atoms with E-state index in [-0.39, 0.29) is 0 Å². The summed E-state index contributed by atoms with van der Waals surface area (Å²) in [7, 11) is 0. The van der Waals surface area contributed by atoms with Crippen LogP contribution in [0.5, 0.6) is 0 Å². The van der Waals surface area contributed by atoms with Crippen molar-refractivity contribution in [2.24, 2.45) is 10.1 Å². The number of hydrogen-bond acceptors (Lipinski definition) is 4. The number of aromatic nitrogens is 1. The second-order valence-electron chi connectivity index (χ2n) is 2.86. The van der Waals surface area contributed by atoms with Gasteiger partial charge in [0.15, 0.2) is 12.4 Å². The largest absolute Gasteiger partial charge is 0.353 e. The van der Waals surface area contributed by atoms with Crippen molar-refractivity contribution in [3.8, 4) is 0 Å². The molecule has 0 spiro atoms. The van der Waals surface area contributed by atoms with Crippen LogP contribution in [0.25, 0.3) is 0 Å². The summed E-state index contributed by atoms with van der Waals surface area (Å²) >= 11 is 0. The minimum atomic E-state index is 0.740. The van der Waals surface area contributed by atoms with Crippen LogP contribution < -0.4 is 15.7 Å². The van der Waals surface area contributed by atoms with Crippen LogP contribution in [0, 0.1) is 0 Å². The number of pyridine rings is 1. The van der Waals surface area contributed by atoms with E-state index in [0.29, 0.717) is 0 Å². The fraction of sp³-hybridized carbons (Fsp3) is 0.222. The number of H-pyrrole nitrogens is 1. The van der Waals surface area contributed by atoms with E-state index >= 15 is 0 Å². The van der Waals surface area contributed by atoms with Crippen molar-refractivity contribution < 1.29 is 4.98 Å². The fourth-order valence-electron chi connectivity index (χ4n) is 1.13. The van der Waals surface area contributed by atoms with Crippen molar-refractivity contribution in [3.05, 3.63) is 30.1 Å². The van der Waals surface area contributed by atoms with Crippen molar-refractivity contribution >= 4 is 12.2 Å². The van der Waals surface area contributed by atoms with E-state index < -0.39 is 0 Å². The first kappa shape index (κ1) is 8.68. The SMILES string of the molecule is C(=N\NC1=NCCN1)/c1cc[nH+]cc1. The van der Waals surface area contributed by atoms with Crippen molar-refractivity contribution in [3.63, 3.8) is 0 Å². The number of aliphatic imine (C=N–C) groups is 1. The Labute approximate surface area is 82.0 Å². The molecule has 0 atom stereocenters. The molecule has 0 aliphatic carbocycles. The molecule has 0 amide bonds. The van der Waals surface area contributed by atoms with Crippen molar-refractivity contribution in [1.82, 2.24) is 10.7 Å². The summed E-state index contributed by atoms with van der Waals surface area (Å²) in [6.07, 6.45) is 5.45. The topological polar surface area (TPSA) is 62.9 Å². The van der Waals surface area contributed by atoms with E-state index in [4.69, 9.17) is 0 Å². The molecule has 5 nitrogen and oxygen atoms in total. The lowest BCUT2D eigenvalue weighted by atomic mass is 10.3. The highest BCUT2D eigenvalue weighted by Gasteiger charge is 2.00. The first-order valence-electron chi connectivity index (χ1n) is 4.49. The highest BCUT2D eigenvalue weighted by Crippen LogP contribution is 1.88. The Kier molecular flexibility index (Phi) is 2.70. The number of hydrazone groups is 1. The van der Waals surface area contributed by atoms with Crippen LogP contribution in [0.1, 0.15) is 5.56 Å². The maximum absolute atomic E-state index is 4.14. The molecule has 72 valence electrons. The van der Waals surface area contributed by atoms with Gasteiger partial charge in [0.05, 0.1) is 12.8 Å². The standard InChI is InChI=1S/C9H11N5/c1-3-10-4-2-8(1)7-13-14-9-11-5-6-12-9/h1-4,7H,5-6H2,(H2,11,12,14)/p+1/b13-7+. The predicted molar refractivity (Wildman–Crippen MR) is 54.0 cm³/mol. The Balaban J connectivity index is 1.88. The van der Waals surface area contributed by atoms with Gasteiger partial charge in [0.1, 0.15) is 0 Å². The fourth-order valence-corrected chi connectivity index (χ4v) is 1.13. The molecule has 0 bridgehead atoms. The van der Waals surface area contributed by atoms with Crippen LogP contribution in [-0.2, 0) is 0 Å². The summed E-state index contributed by atoms with van der Waals surface area (Å²) in [5.74, 6) is 0.740. The monoisotopic (exact) mass is 190 g/mol. The van der Waals surface area contributed by atoms with E-state index in [1.165, 1.54) is 0 Å². The molecule has 5 heteroatoms. The zero-order chi connectivity index (χ0) is 9.64. The first-order chi connectivity index (χ1) is 6.95. The highest BCUT2D eigenvalue weighted by molar-refractivity contribution is 5.84. The Bertz CT molecular complexity index is 343. The molecule has 3 N–H and O–H groups in total. The second-order valence-corrected chi connectivity index (χ2v) is 2.86. The smallest absolute Gasteiger partial charge is 0.212 e. The summed E-state index contributed by atoms with van der Waals surface area (Å²) in [6, 6.07) is 3.88. The zero-order valence-corrected chi connectivity index (χ0v) is 7.70. The average molecular weight is 190 g/mol. The zero-order valence-electron chi connectivity index (χ0n) is 7.70. The van der Waals surface area contributed by atoms with Crippen LogP contribution in [0.2, 0.25) is 0 Å². The van der Waals surface area contributed by atoms with Gasteiger partial charge in [-0.15, -0.1) is 0 Å². The summed E-state index contributed by atoms with van der Waals surface area (Å²) < 4.78 is 0. The van der Waals surface area contributed by atoms with E-state index in [9.17, 15) is 0 Å². The van der Waals surface area contributed by atoms with Crippen LogP contribution in [-0.4, -0.2) is 25.3 Å². The highest BCUT2D eigenvalue weighted by atomic mass is 15.4. The molecule has 0 radical (unpaired) electrons. The van der Waals surface area contributed by atoms with Crippen LogP contribution in [0.4, 0.5) is 0 Å². The second kappa shape index (κ2) is 4.36. The number of rotatable bonds is 2. The minimum absolute atomic E-state index is 0.740. The Morgan fingerprint density at radius 1 is 1.50 bits per heavy atom. The molecule has 0 saturated heterocycles. The molecule has 2 rings (SSSR count). The quantitative estimate of drug-likeness (QED) is 0.482. The number of nitrogens with one attached hydrogen (secondary N) is 3. The molecular formula is C9H12N5+. The van der Waals surface area contributed by atoms with Gasteiger partial charge in [-0.05, 0) is 0 Å². The molecule has 0 saturated carbocycles. The van der Waals surface area contributed by atoms with Crippen LogP contribution in [0.3, 0.4) is 0 Å². The lowest BCUT2D eigenvalue weighted by Gasteiger charge is -1.98. The minimum Gasteiger partial charge on any atom is -0.353 e. The van der Waals surface area contributed by atoms with E-state index in [2.05, 4.69) is 25.8 Å². The third kappa shape index (κ3) is 2.29. The summed E-state index contributed by atoms with van der Waals surface area (Å²) in [5, 5.41) is 7.10. The molecule has 0 aromatic carbocycles. The summed E-state index contributed by atoms with van der Waals surface area (Å²) in [4.78, 5) is 7.09. The van der Waals surface area contributed by atoms with Gasteiger partial charge in [-0.1, -0.05) is 0 Å². The molecule has 2 heterocycles. The van der Waals surface area contributed by atoms with Gasteiger partial charge in [0, 0.05) is 24.2 Å². The van der Waals surface area contributed by atoms with E-state index in [1.807, 2.05) is 24.5 Å². The first-order valence-corrected chi connectivity index (χ1v) is 4.49. The van der Waals surface area contributed by atoms with Gasteiger partial charge in [-0.2, -0.15) is 5.10 Å². The van der Waals surface area contributed by atoms with Crippen LogP contribution >= 0.6 is 0 Å². The van der Waals surface area contributed by atoms with Gasteiger partial charge >= 0.3 is 0 Å².